The molecule has 18 heavy (non-hydrogen) atoms. The summed E-state index contributed by atoms with van der Waals surface area (Å²) in [6.45, 7) is 1.14. The minimum Gasteiger partial charge on any atom is -0.314 e. The Balaban J connectivity index is 1.74. The molecule has 2 aliphatic carbocycles. The minimum absolute atomic E-state index is 0.586. The van der Waals surface area contributed by atoms with Gasteiger partial charge in [-0.1, -0.05) is 41.8 Å². The molecular weight excluding hydrogens is 265 g/mol. The van der Waals surface area contributed by atoms with Crippen molar-refractivity contribution in [3.63, 3.8) is 0 Å². The molecule has 0 aliphatic heterocycles. The highest BCUT2D eigenvalue weighted by Crippen LogP contribution is 2.43. The van der Waals surface area contributed by atoms with Gasteiger partial charge in [0.2, 0.25) is 0 Å². The second kappa shape index (κ2) is 5.40. The molecule has 2 aliphatic rings. The van der Waals surface area contributed by atoms with Gasteiger partial charge in [-0.15, -0.1) is 0 Å². The lowest BCUT2D eigenvalue weighted by molar-refractivity contribution is 0.443. The van der Waals surface area contributed by atoms with E-state index in [9.17, 15) is 0 Å². The molecule has 1 aromatic rings. The Kier molecular flexibility index (Phi) is 3.83. The average molecular weight is 284 g/mol. The Morgan fingerprint density at radius 3 is 2.72 bits per heavy atom. The Hall–Kier alpha value is -0.240. The molecule has 0 saturated heterocycles. The van der Waals surface area contributed by atoms with Gasteiger partial charge >= 0.3 is 0 Å². The van der Waals surface area contributed by atoms with Crippen LogP contribution in [0, 0.1) is 5.92 Å². The molecule has 0 aromatic heterocycles. The van der Waals surface area contributed by atoms with Crippen LogP contribution in [0.3, 0.4) is 0 Å². The van der Waals surface area contributed by atoms with Crippen LogP contribution in [0.5, 0.6) is 0 Å². The Bertz CT molecular complexity index is 429. The van der Waals surface area contributed by atoms with Crippen LogP contribution >= 0.6 is 23.2 Å². The van der Waals surface area contributed by atoms with Gasteiger partial charge in [-0.2, -0.15) is 0 Å². The lowest BCUT2D eigenvalue weighted by Gasteiger charge is -2.22. The van der Waals surface area contributed by atoms with Gasteiger partial charge in [-0.25, -0.2) is 0 Å². The Morgan fingerprint density at radius 2 is 1.94 bits per heavy atom. The monoisotopic (exact) mass is 283 g/mol. The van der Waals surface area contributed by atoms with Gasteiger partial charge in [0.05, 0.1) is 10.0 Å². The lowest BCUT2D eigenvalue weighted by atomic mass is 9.89. The third kappa shape index (κ3) is 2.68. The second-order valence-electron chi connectivity index (χ2n) is 5.62. The van der Waals surface area contributed by atoms with Gasteiger partial charge in [0, 0.05) is 6.04 Å². The summed E-state index contributed by atoms with van der Waals surface area (Å²) in [6.07, 6.45) is 6.58. The van der Waals surface area contributed by atoms with Crippen LogP contribution in [-0.4, -0.2) is 12.6 Å². The van der Waals surface area contributed by atoms with Crippen molar-refractivity contribution >= 4 is 23.2 Å². The Morgan fingerprint density at radius 1 is 1.11 bits per heavy atom. The van der Waals surface area contributed by atoms with Crippen molar-refractivity contribution in [1.29, 1.82) is 0 Å². The van der Waals surface area contributed by atoms with E-state index in [-0.39, 0.29) is 0 Å². The predicted octanol–water partition coefficient (Wildman–Crippen LogP) is 4.63. The molecule has 0 radical (unpaired) electrons. The SMILES string of the molecule is Clc1cccc(C2CCCC2CNC2CC2)c1Cl. The maximum Gasteiger partial charge on any atom is 0.0627 e. The van der Waals surface area contributed by atoms with Crippen molar-refractivity contribution < 1.29 is 0 Å². The van der Waals surface area contributed by atoms with Crippen LogP contribution in [0.25, 0.3) is 0 Å². The van der Waals surface area contributed by atoms with Gasteiger partial charge in [0.1, 0.15) is 0 Å². The molecule has 0 bridgehead atoms. The summed E-state index contributed by atoms with van der Waals surface area (Å²) < 4.78 is 0. The van der Waals surface area contributed by atoms with Crippen LogP contribution in [-0.2, 0) is 0 Å². The first-order valence-electron chi connectivity index (χ1n) is 6.93. The highest BCUT2D eigenvalue weighted by molar-refractivity contribution is 6.42. The first kappa shape index (κ1) is 12.8. The smallest absolute Gasteiger partial charge is 0.0627 e. The van der Waals surface area contributed by atoms with Crippen molar-refractivity contribution in [2.45, 2.75) is 44.1 Å². The minimum atomic E-state index is 0.586. The van der Waals surface area contributed by atoms with Crippen LogP contribution in [0.15, 0.2) is 18.2 Å². The number of halogens is 2. The van der Waals surface area contributed by atoms with E-state index in [1.54, 1.807) is 0 Å². The topological polar surface area (TPSA) is 12.0 Å². The van der Waals surface area contributed by atoms with Crippen molar-refractivity contribution in [3.05, 3.63) is 33.8 Å². The van der Waals surface area contributed by atoms with Gasteiger partial charge < -0.3 is 5.32 Å². The molecule has 1 aromatic carbocycles. The molecule has 2 unspecified atom stereocenters. The summed E-state index contributed by atoms with van der Waals surface area (Å²) in [5.41, 5.74) is 1.25. The number of hydrogen-bond donors (Lipinski definition) is 1. The molecule has 2 saturated carbocycles. The molecule has 0 amide bonds. The molecule has 3 heteroatoms. The first-order valence-corrected chi connectivity index (χ1v) is 7.68. The van der Waals surface area contributed by atoms with Crippen molar-refractivity contribution in [2.24, 2.45) is 5.92 Å². The zero-order valence-electron chi connectivity index (χ0n) is 10.5. The van der Waals surface area contributed by atoms with E-state index in [4.69, 9.17) is 23.2 Å². The van der Waals surface area contributed by atoms with Crippen LogP contribution in [0.4, 0.5) is 0 Å². The summed E-state index contributed by atoms with van der Waals surface area (Å²) in [5.74, 6) is 1.31. The van der Waals surface area contributed by atoms with E-state index >= 15 is 0 Å². The van der Waals surface area contributed by atoms with E-state index in [0.29, 0.717) is 10.9 Å². The third-order valence-electron chi connectivity index (χ3n) is 4.29. The van der Waals surface area contributed by atoms with Crippen molar-refractivity contribution in [3.8, 4) is 0 Å². The summed E-state index contributed by atoms with van der Waals surface area (Å²) in [4.78, 5) is 0. The fourth-order valence-corrected chi connectivity index (χ4v) is 3.55. The molecule has 2 fully saturated rings. The molecule has 1 N–H and O–H groups in total. The van der Waals surface area contributed by atoms with Crippen molar-refractivity contribution in [1.82, 2.24) is 5.32 Å². The molecule has 3 rings (SSSR count). The summed E-state index contributed by atoms with van der Waals surface area (Å²) in [5, 5.41) is 5.11. The lowest BCUT2D eigenvalue weighted by Crippen LogP contribution is -2.26. The molecule has 0 heterocycles. The maximum atomic E-state index is 6.36. The van der Waals surface area contributed by atoms with E-state index in [1.165, 1.54) is 37.7 Å². The number of benzene rings is 1. The summed E-state index contributed by atoms with van der Waals surface area (Å²) >= 11 is 12.5. The van der Waals surface area contributed by atoms with E-state index in [2.05, 4.69) is 11.4 Å². The average Bonchev–Trinajstić information content (AvgIpc) is 3.08. The quantitative estimate of drug-likeness (QED) is 0.850. The van der Waals surface area contributed by atoms with Crippen LogP contribution in [0.2, 0.25) is 10.0 Å². The van der Waals surface area contributed by atoms with E-state index in [1.807, 2.05) is 12.1 Å². The highest BCUT2D eigenvalue weighted by Gasteiger charge is 2.31. The van der Waals surface area contributed by atoms with Crippen LogP contribution < -0.4 is 5.32 Å². The molecule has 2 atom stereocenters. The normalized spacial score (nSPS) is 27.7. The van der Waals surface area contributed by atoms with E-state index < -0.39 is 0 Å². The van der Waals surface area contributed by atoms with Gasteiger partial charge in [0.25, 0.3) is 0 Å². The van der Waals surface area contributed by atoms with Gasteiger partial charge in [-0.05, 0) is 55.7 Å². The summed E-state index contributed by atoms with van der Waals surface area (Å²) in [6, 6.07) is 6.84. The van der Waals surface area contributed by atoms with E-state index in [0.717, 1.165) is 23.5 Å². The fourth-order valence-electron chi connectivity index (χ4n) is 3.10. The van der Waals surface area contributed by atoms with Crippen LogP contribution in [0.1, 0.15) is 43.6 Å². The van der Waals surface area contributed by atoms with Crippen molar-refractivity contribution in [2.75, 3.05) is 6.54 Å². The Labute approximate surface area is 119 Å². The number of rotatable bonds is 4. The highest BCUT2D eigenvalue weighted by atomic mass is 35.5. The molecular formula is C15H19Cl2N. The van der Waals surface area contributed by atoms with Gasteiger partial charge in [-0.3, -0.25) is 0 Å². The fraction of sp³-hybridized carbons (Fsp3) is 0.600. The third-order valence-corrected chi connectivity index (χ3v) is 5.12. The molecule has 0 spiro atoms. The molecule has 1 nitrogen and oxygen atoms in total. The largest absolute Gasteiger partial charge is 0.314 e. The zero-order chi connectivity index (χ0) is 12.5. The second-order valence-corrected chi connectivity index (χ2v) is 6.41. The maximum absolute atomic E-state index is 6.36. The summed E-state index contributed by atoms with van der Waals surface area (Å²) in [7, 11) is 0. The zero-order valence-corrected chi connectivity index (χ0v) is 12.0. The first-order chi connectivity index (χ1) is 8.75. The predicted molar refractivity (Wildman–Crippen MR) is 77.6 cm³/mol. The molecule has 98 valence electrons. The standard InChI is InChI=1S/C15H19Cl2N/c16-14-6-2-5-13(15(14)17)12-4-1-3-10(12)9-18-11-7-8-11/h2,5-6,10-12,18H,1,3-4,7-9H2. The number of nitrogens with one attached hydrogen (secondary N) is 1. The number of hydrogen-bond acceptors (Lipinski definition) is 1. The van der Waals surface area contributed by atoms with Gasteiger partial charge in [0.15, 0.2) is 0 Å².